The van der Waals surface area contributed by atoms with E-state index in [1.165, 1.54) is 0 Å². The molecule has 1 aromatic heterocycles. The van der Waals surface area contributed by atoms with Crippen LogP contribution in [0, 0.1) is 13.8 Å². The molecule has 1 amide bonds. The predicted molar refractivity (Wildman–Crippen MR) is 109 cm³/mol. The van der Waals surface area contributed by atoms with Gasteiger partial charge in [0.2, 0.25) is 5.89 Å². The maximum atomic E-state index is 12.5. The third kappa shape index (κ3) is 4.58. The van der Waals surface area contributed by atoms with Crippen LogP contribution in [0.5, 0.6) is 0 Å². The normalized spacial score (nSPS) is 13.2. The molecule has 28 heavy (non-hydrogen) atoms. The lowest BCUT2D eigenvalue weighted by Crippen LogP contribution is -3.10. The number of rotatable bonds is 6. The van der Waals surface area contributed by atoms with E-state index in [2.05, 4.69) is 15.5 Å². The molecule has 0 saturated heterocycles. The molecular formula is C21H24ClN4O2+. The summed E-state index contributed by atoms with van der Waals surface area (Å²) in [6.07, 6.45) is 0. The van der Waals surface area contributed by atoms with Crippen LogP contribution in [0.4, 0.5) is 5.69 Å². The molecule has 7 heteroatoms. The van der Waals surface area contributed by atoms with Crippen LogP contribution < -0.4 is 10.2 Å². The van der Waals surface area contributed by atoms with Crippen molar-refractivity contribution in [2.45, 2.75) is 26.8 Å². The van der Waals surface area contributed by atoms with Crippen molar-refractivity contribution in [3.05, 3.63) is 64.5 Å². The summed E-state index contributed by atoms with van der Waals surface area (Å²) in [6, 6.07) is 13.0. The van der Waals surface area contributed by atoms with Crippen LogP contribution in [-0.2, 0) is 4.79 Å². The highest BCUT2D eigenvalue weighted by atomic mass is 35.5. The summed E-state index contributed by atoms with van der Waals surface area (Å²) in [5, 5.41) is 11.8. The first-order chi connectivity index (χ1) is 13.3. The molecule has 2 atom stereocenters. The number of hydrogen-bond acceptors (Lipinski definition) is 4. The van der Waals surface area contributed by atoms with Gasteiger partial charge in [-0.3, -0.25) is 4.79 Å². The first kappa shape index (κ1) is 20.0. The van der Waals surface area contributed by atoms with Crippen LogP contribution >= 0.6 is 11.6 Å². The van der Waals surface area contributed by atoms with Crippen LogP contribution in [0.3, 0.4) is 0 Å². The number of anilines is 1. The number of hydrogen-bond donors (Lipinski definition) is 2. The molecule has 0 aliphatic carbocycles. The van der Waals surface area contributed by atoms with E-state index in [4.69, 9.17) is 16.0 Å². The molecule has 0 radical (unpaired) electrons. The summed E-state index contributed by atoms with van der Waals surface area (Å²) >= 11 is 6.02. The Labute approximate surface area is 169 Å². The number of aromatic nitrogens is 2. The van der Waals surface area contributed by atoms with Gasteiger partial charge in [0, 0.05) is 16.3 Å². The Balaban J connectivity index is 1.65. The number of halogens is 1. The van der Waals surface area contributed by atoms with Gasteiger partial charge in [-0.25, -0.2) is 0 Å². The van der Waals surface area contributed by atoms with Crippen LogP contribution in [0.1, 0.15) is 30.0 Å². The summed E-state index contributed by atoms with van der Waals surface area (Å²) in [5.74, 6) is 0.830. The summed E-state index contributed by atoms with van der Waals surface area (Å²) < 4.78 is 5.81. The second kappa shape index (κ2) is 8.54. The lowest BCUT2D eigenvalue weighted by molar-refractivity contribution is -0.903. The van der Waals surface area contributed by atoms with E-state index in [1.54, 1.807) is 12.1 Å². The van der Waals surface area contributed by atoms with Crippen LogP contribution in [0.25, 0.3) is 11.5 Å². The number of aryl methyl sites for hydroxylation is 1. The summed E-state index contributed by atoms with van der Waals surface area (Å²) in [4.78, 5) is 13.4. The number of carbonyl (C=O) groups excluding carboxylic acids is 1. The predicted octanol–water partition coefficient (Wildman–Crippen LogP) is 3.22. The van der Waals surface area contributed by atoms with Crippen molar-refractivity contribution >= 4 is 23.2 Å². The number of nitrogens with zero attached hydrogens (tertiary/aromatic N) is 2. The van der Waals surface area contributed by atoms with Gasteiger partial charge in [0.25, 0.3) is 11.8 Å². The van der Waals surface area contributed by atoms with Crippen molar-refractivity contribution in [2.24, 2.45) is 0 Å². The second-order valence-electron chi connectivity index (χ2n) is 7.00. The maximum Gasteiger partial charge on any atom is 0.279 e. The SMILES string of the molecule is Cc1cccc(NC(=O)C[NH+](C)[C@H](C)c2nnc(-c3cccc(Cl)c3)o2)c1C. The Bertz CT molecular complexity index is 986. The molecule has 1 heterocycles. The average molecular weight is 400 g/mol. The molecule has 0 fully saturated rings. The number of nitrogens with one attached hydrogen (secondary N) is 2. The fourth-order valence-corrected chi connectivity index (χ4v) is 3.04. The Kier molecular flexibility index (Phi) is 6.11. The molecule has 6 nitrogen and oxygen atoms in total. The smallest absolute Gasteiger partial charge is 0.279 e. The monoisotopic (exact) mass is 399 g/mol. The quantitative estimate of drug-likeness (QED) is 0.667. The van der Waals surface area contributed by atoms with E-state index in [1.807, 2.05) is 58.2 Å². The Morgan fingerprint density at radius 2 is 1.96 bits per heavy atom. The van der Waals surface area contributed by atoms with Crippen molar-refractivity contribution in [1.82, 2.24) is 10.2 Å². The molecule has 146 valence electrons. The van der Waals surface area contributed by atoms with E-state index in [-0.39, 0.29) is 18.5 Å². The third-order valence-corrected chi connectivity index (χ3v) is 5.18. The largest absolute Gasteiger partial charge is 0.415 e. The fourth-order valence-electron chi connectivity index (χ4n) is 2.85. The van der Waals surface area contributed by atoms with E-state index in [0.29, 0.717) is 16.8 Å². The molecule has 0 saturated carbocycles. The fraction of sp³-hybridized carbons (Fsp3) is 0.286. The Morgan fingerprint density at radius 3 is 2.71 bits per heavy atom. The highest BCUT2D eigenvalue weighted by Crippen LogP contribution is 2.22. The van der Waals surface area contributed by atoms with Gasteiger partial charge in [0.15, 0.2) is 12.6 Å². The number of likely N-dealkylation sites (N-methyl/N-ethyl adjacent to an activating group) is 1. The van der Waals surface area contributed by atoms with Crippen molar-refractivity contribution in [2.75, 3.05) is 18.9 Å². The van der Waals surface area contributed by atoms with Crippen molar-refractivity contribution in [3.8, 4) is 11.5 Å². The zero-order chi connectivity index (χ0) is 20.3. The van der Waals surface area contributed by atoms with Gasteiger partial charge in [-0.1, -0.05) is 29.8 Å². The van der Waals surface area contributed by atoms with Gasteiger partial charge in [0.1, 0.15) is 0 Å². The minimum Gasteiger partial charge on any atom is -0.415 e. The minimum absolute atomic E-state index is 0.0624. The molecule has 0 spiro atoms. The molecule has 0 aliphatic rings. The summed E-state index contributed by atoms with van der Waals surface area (Å²) in [6.45, 7) is 6.26. The molecular weight excluding hydrogens is 376 g/mol. The zero-order valence-electron chi connectivity index (χ0n) is 16.4. The highest BCUT2D eigenvalue weighted by Gasteiger charge is 2.24. The Morgan fingerprint density at radius 1 is 1.21 bits per heavy atom. The lowest BCUT2D eigenvalue weighted by Gasteiger charge is -2.19. The molecule has 0 bridgehead atoms. The highest BCUT2D eigenvalue weighted by molar-refractivity contribution is 6.30. The van der Waals surface area contributed by atoms with Crippen molar-refractivity contribution < 1.29 is 14.1 Å². The number of amides is 1. The van der Waals surface area contributed by atoms with Gasteiger partial charge in [0.05, 0.1) is 7.05 Å². The van der Waals surface area contributed by atoms with Gasteiger partial charge >= 0.3 is 0 Å². The van der Waals surface area contributed by atoms with Gasteiger partial charge in [-0.2, -0.15) is 0 Å². The first-order valence-corrected chi connectivity index (χ1v) is 9.50. The molecule has 0 aliphatic heterocycles. The van der Waals surface area contributed by atoms with Crippen molar-refractivity contribution in [3.63, 3.8) is 0 Å². The summed E-state index contributed by atoms with van der Waals surface area (Å²) in [5.41, 5.74) is 3.83. The van der Waals surface area contributed by atoms with Crippen LogP contribution in [-0.4, -0.2) is 29.7 Å². The van der Waals surface area contributed by atoms with E-state index >= 15 is 0 Å². The number of benzene rings is 2. The second-order valence-corrected chi connectivity index (χ2v) is 7.43. The topological polar surface area (TPSA) is 72.5 Å². The van der Waals surface area contributed by atoms with Gasteiger partial charge in [-0.05, 0) is 56.2 Å². The first-order valence-electron chi connectivity index (χ1n) is 9.13. The molecule has 1 unspecified atom stereocenters. The number of carbonyl (C=O) groups is 1. The van der Waals surface area contributed by atoms with Gasteiger partial charge < -0.3 is 14.6 Å². The van der Waals surface area contributed by atoms with Crippen LogP contribution in [0.2, 0.25) is 5.02 Å². The average Bonchev–Trinajstić information content (AvgIpc) is 3.15. The van der Waals surface area contributed by atoms with E-state index < -0.39 is 0 Å². The minimum atomic E-state index is -0.134. The summed E-state index contributed by atoms with van der Waals surface area (Å²) in [7, 11) is 1.93. The molecule has 2 N–H and O–H groups in total. The van der Waals surface area contributed by atoms with E-state index in [0.717, 1.165) is 27.3 Å². The Hall–Kier alpha value is -2.70. The zero-order valence-corrected chi connectivity index (χ0v) is 17.2. The standard InChI is InChI=1S/C21H23ClN4O2/c1-13-7-5-10-18(14(13)2)23-19(27)12-26(4)15(3)20-24-25-21(28-20)16-8-6-9-17(22)11-16/h5-11,15H,12H2,1-4H3,(H,23,27)/p+1/t15-/m1/s1. The lowest BCUT2D eigenvalue weighted by atomic mass is 10.1. The molecule has 3 rings (SSSR count). The number of quaternary nitrogens is 1. The van der Waals surface area contributed by atoms with Crippen LogP contribution in [0.15, 0.2) is 46.9 Å². The van der Waals surface area contributed by atoms with Crippen molar-refractivity contribution in [1.29, 1.82) is 0 Å². The maximum absolute atomic E-state index is 12.5. The van der Waals surface area contributed by atoms with E-state index in [9.17, 15) is 4.79 Å². The molecule has 2 aromatic carbocycles. The third-order valence-electron chi connectivity index (χ3n) is 4.94. The van der Waals surface area contributed by atoms with Gasteiger partial charge in [-0.15, -0.1) is 10.2 Å². The molecule has 3 aromatic rings.